The Hall–Kier alpha value is -1.73. The van der Waals surface area contributed by atoms with Gasteiger partial charge < -0.3 is 4.74 Å². The summed E-state index contributed by atoms with van der Waals surface area (Å²) in [5, 5.41) is 0. The van der Waals surface area contributed by atoms with Crippen LogP contribution < -0.4 is 11.3 Å². The number of nitrogens with zero attached hydrogens (tertiary/aromatic N) is 3. The van der Waals surface area contributed by atoms with Crippen molar-refractivity contribution in [2.24, 2.45) is 11.8 Å². The van der Waals surface area contributed by atoms with Crippen LogP contribution in [0.2, 0.25) is 0 Å². The van der Waals surface area contributed by atoms with Crippen molar-refractivity contribution < 1.29 is 9.53 Å². The van der Waals surface area contributed by atoms with E-state index in [0.29, 0.717) is 25.6 Å². The smallest absolute Gasteiger partial charge is 0.310 e. The van der Waals surface area contributed by atoms with Gasteiger partial charge in [-0.3, -0.25) is 15.1 Å². The van der Waals surface area contributed by atoms with Crippen LogP contribution in [0.25, 0.3) is 0 Å². The maximum atomic E-state index is 11.8. The van der Waals surface area contributed by atoms with Gasteiger partial charge in [-0.1, -0.05) is 0 Å². The van der Waals surface area contributed by atoms with Gasteiger partial charge in [0.15, 0.2) is 0 Å². The van der Waals surface area contributed by atoms with Crippen LogP contribution in [0, 0.1) is 5.92 Å². The summed E-state index contributed by atoms with van der Waals surface area (Å²) in [4.78, 5) is 22.3. The third kappa shape index (κ3) is 3.88. The van der Waals surface area contributed by atoms with Gasteiger partial charge in [-0.05, 0) is 32.4 Å². The van der Waals surface area contributed by atoms with Crippen LogP contribution in [0.3, 0.4) is 0 Å². The molecule has 7 nitrogen and oxygen atoms in total. The van der Waals surface area contributed by atoms with Crippen molar-refractivity contribution in [3.63, 3.8) is 0 Å². The number of nitrogens with one attached hydrogen (secondary N) is 1. The first-order valence-electron chi connectivity index (χ1n) is 6.90. The third-order valence-electron chi connectivity index (χ3n) is 3.35. The molecule has 1 aromatic rings. The number of carbonyl (C=O) groups excluding carboxylic acids is 1. The monoisotopic (exact) mass is 279 g/mol. The minimum atomic E-state index is -0.0933. The molecule has 20 heavy (non-hydrogen) atoms. The molecule has 7 heteroatoms. The Morgan fingerprint density at radius 3 is 3.25 bits per heavy atom. The van der Waals surface area contributed by atoms with Crippen LogP contribution in [0.5, 0.6) is 0 Å². The van der Waals surface area contributed by atoms with Gasteiger partial charge in [0.05, 0.1) is 18.2 Å². The highest BCUT2D eigenvalue weighted by Crippen LogP contribution is 2.19. The molecule has 0 bridgehead atoms. The van der Waals surface area contributed by atoms with E-state index in [0.717, 1.165) is 25.1 Å². The number of piperidine rings is 1. The third-order valence-corrected chi connectivity index (χ3v) is 3.35. The van der Waals surface area contributed by atoms with Crippen LogP contribution in [-0.2, 0) is 16.1 Å². The molecule has 0 saturated carbocycles. The van der Waals surface area contributed by atoms with Gasteiger partial charge in [-0.2, -0.15) is 0 Å². The van der Waals surface area contributed by atoms with E-state index in [1.165, 1.54) is 0 Å². The van der Waals surface area contributed by atoms with Crippen molar-refractivity contribution >= 4 is 11.9 Å². The van der Waals surface area contributed by atoms with Crippen LogP contribution in [0.4, 0.5) is 5.95 Å². The normalized spacial score (nSPS) is 19.6. The van der Waals surface area contributed by atoms with Crippen LogP contribution in [0.15, 0.2) is 12.3 Å². The fourth-order valence-corrected chi connectivity index (χ4v) is 2.43. The maximum absolute atomic E-state index is 11.8. The highest BCUT2D eigenvalue weighted by Gasteiger charge is 2.26. The molecule has 1 atom stereocenters. The van der Waals surface area contributed by atoms with E-state index in [2.05, 4.69) is 20.3 Å². The van der Waals surface area contributed by atoms with E-state index in [1.54, 1.807) is 6.20 Å². The van der Waals surface area contributed by atoms with Gasteiger partial charge >= 0.3 is 5.97 Å². The molecule has 0 aliphatic carbocycles. The van der Waals surface area contributed by atoms with E-state index < -0.39 is 0 Å². The van der Waals surface area contributed by atoms with Crippen molar-refractivity contribution in [3.8, 4) is 0 Å². The Kier molecular flexibility index (Phi) is 5.25. The molecule has 1 saturated heterocycles. The minimum Gasteiger partial charge on any atom is -0.466 e. The predicted molar refractivity (Wildman–Crippen MR) is 74.5 cm³/mol. The van der Waals surface area contributed by atoms with Gasteiger partial charge in [0.25, 0.3) is 0 Å². The van der Waals surface area contributed by atoms with E-state index >= 15 is 0 Å². The topological polar surface area (TPSA) is 93.4 Å². The highest BCUT2D eigenvalue weighted by atomic mass is 16.5. The molecule has 1 aliphatic heterocycles. The molecule has 2 rings (SSSR count). The number of ether oxygens (including phenoxy) is 1. The summed E-state index contributed by atoms with van der Waals surface area (Å²) in [5.41, 5.74) is 3.32. The Balaban J connectivity index is 1.93. The molecular formula is C13H21N5O2. The lowest BCUT2D eigenvalue weighted by Crippen LogP contribution is -2.39. The van der Waals surface area contributed by atoms with Crippen molar-refractivity contribution in [1.29, 1.82) is 0 Å². The minimum absolute atomic E-state index is 0.0300. The summed E-state index contributed by atoms with van der Waals surface area (Å²) in [6.07, 6.45) is 3.57. The molecule has 1 aromatic heterocycles. The highest BCUT2D eigenvalue weighted by molar-refractivity contribution is 5.72. The SMILES string of the molecule is CCOC(=O)C1CCCN(Cc2ccnc(NN)n2)C1. The Bertz CT molecular complexity index is 454. The Morgan fingerprint density at radius 2 is 2.50 bits per heavy atom. The number of anilines is 1. The number of rotatable bonds is 5. The molecular weight excluding hydrogens is 258 g/mol. The fraction of sp³-hybridized carbons (Fsp3) is 0.615. The zero-order valence-electron chi connectivity index (χ0n) is 11.7. The number of esters is 1. The maximum Gasteiger partial charge on any atom is 0.310 e. The van der Waals surface area contributed by atoms with Gasteiger partial charge in [0.1, 0.15) is 0 Å². The standard InChI is InChI=1S/C13H21N5O2/c1-2-20-12(19)10-4-3-7-18(8-10)9-11-5-6-15-13(16-11)17-14/h5-6,10H,2-4,7-9,14H2,1H3,(H,15,16,17). The molecule has 1 fully saturated rings. The number of nitrogens with two attached hydrogens (primary N) is 1. The van der Waals surface area contributed by atoms with Gasteiger partial charge in [-0.15, -0.1) is 0 Å². The number of likely N-dealkylation sites (tertiary alicyclic amines) is 1. The molecule has 0 spiro atoms. The van der Waals surface area contributed by atoms with Crippen molar-refractivity contribution in [3.05, 3.63) is 18.0 Å². The number of hydrogen-bond donors (Lipinski definition) is 2. The lowest BCUT2D eigenvalue weighted by Gasteiger charge is -2.31. The lowest BCUT2D eigenvalue weighted by molar-refractivity contribution is -0.150. The first kappa shape index (κ1) is 14.7. The first-order chi connectivity index (χ1) is 9.72. The molecule has 1 unspecified atom stereocenters. The van der Waals surface area contributed by atoms with Crippen LogP contribution in [0.1, 0.15) is 25.5 Å². The summed E-state index contributed by atoms with van der Waals surface area (Å²) in [5.74, 6) is 5.58. The average molecular weight is 279 g/mol. The zero-order valence-corrected chi connectivity index (χ0v) is 11.7. The van der Waals surface area contributed by atoms with E-state index in [9.17, 15) is 4.79 Å². The molecule has 0 radical (unpaired) electrons. The summed E-state index contributed by atoms with van der Waals surface area (Å²) in [7, 11) is 0. The molecule has 0 amide bonds. The van der Waals surface area contributed by atoms with Crippen molar-refractivity contribution in [2.75, 3.05) is 25.1 Å². The molecule has 0 aromatic carbocycles. The molecule has 2 heterocycles. The average Bonchev–Trinajstić information content (AvgIpc) is 2.48. The Morgan fingerprint density at radius 1 is 1.65 bits per heavy atom. The van der Waals surface area contributed by atoms with Crippen LogP contribution in [-0.4, -0.2) is 40.5 Å². The number of hydrazine groups is 1. The summed E-state index contributed by atoms with van der Waals surface area (Å²) in [6, 6.07) is 1.86. The summed E-state index contributed by atoms with van der Waals surface area (Å²) in [6.45, 7) is 4.64. The zero-order chi connectivity index (χ0) is 14.4. The van der Waals surface area contributed by atoms with Gasteiger partial charge in [0, 0.05) is 19.3 Å². The second kappa shape index (κ2) is 7.16. The first-order valence-corrected chi connectivity index (χ1v) is 6.90. The van der Waals surface area contributed by atoms with Crippen molar-refractivity contribution in [1.82, 2.24) is 14.9 Å². The van der Waals surface area contributed by atoms with Crippen molar-refractivity contribution in [2.45, 2.75) is 26.3 Å². The molecule has 1 aliphatic rings. The van der Waals surface area contributed by atoms with E-state index in [4.69, 9.17) is 10.6 Å². The Labute approximate surface area is 118 Å². The fourth-order valence-electron chi connectivity index (χ4n) is 2.43. The number of hydrogen-bond acceptors (Lipinski definition) is 7. The second-order valence-corrected chi connectivity index (χ2v) is 4.84. The predicted octanol–water partition coefficient (Wildman–Crippen LogP) is 0.537. The summed E-state index contributed by atoms with van der Waals surface area (Å²) >= 11 is 0. The summed E-state index contributed by atoms with van der Waals surface area (Å²) < 4.78 is 5.10. The quantitative estimate of drug-likeness (QED) is 0.461. The second-order valence-electron chi connectivity index (χ2n) is 4.84. The van der Waals surface area contributed by atoms with Gasteiger partial charge in [0.2, 0.25) is 5.95 Å². The number of carbonyl (C=O) groups is 1. The molecule has 3 N–H and O–H groups in total. The largest absolute Gasteiger partial charge is 0.466 e. The number of nitrogen functional groups attached to an aromatic ring is 1. The van der Waals surface area contributed by atoms with Gasteiger partial charge in [-0.25, -0.2) is 15.8 Å². The number of aromatic nitrogens is 2. The van der Waals surface area contributed by atoms with E-state index in [1.807, 2.05) is 13.0 Å². The lowest BCUT2D eigenvalue weighted by atomic mass is 9.98. The molecule has 110 valence electrons. The van der Waals surface area contributed by atoms with Crippen LogP contribution >= 0.6 is 0 Å². The van der Waals surface area contributed by atoms with E-state index in [-0.39, 0.29) is 11.9 Å².